The molecule has 44 heavy (non-hydrogen) atoms. The number of amides is 1. The molecule has 0 unspecified atom stereocenters. The molecule has 226 valence electrons. The molecule has 0 saturated carbocycles. The Bertz CT molecular complexity index is 1800. The van der Waals surface area contributed by atoms with E-state index in [0.717, 1.165) is 40.6 Å². The molecule has 4 N–H and O–H groups in total. The Morgan fingerprint density at radius 3 is 2.66 bits per heavy atom. The monoisotopic (exact) mass is 607 g/mol. The summed E-state index contributed by atoms with van der Waals surface area (Å²) in [5.41, 5.74) is 11.3. The fourth-order valence-corrected chi connectivity index (χ4v) is 6.76. The normalized spacial score (nSPS) is 15.6. The van der Waals surface area contributed by atoms with Crippen molar-refractivity contribution >= 4 is 38.9 Å². The number of nitrogens with zero attached hydrogens (tertiary/aromatic N) is 2. The minimum Gasteiger partial charge on any atom is -0.355 e. The van der Waals surface area contributed by atoms with Gasteiger partial charge in [-0.2, -0.15) is 0 Å². The van der Waals surface area contributed by atoms with Crippen LogP contribution in [0.3, 0.4) is 0 Å². The van der Waals surface area contributed by atoms with E-state index in [0.29, 0.717) is 22.2 Å². The number of nitrogens with one attached hydrogen (secondary N) is 2. The lowest BCUT2D eigenvalue weighted by Crippen LogP contribution is -2.32. The zero-order chi connectivity index (χ0) is 30.8. The summed E-state index contributed by atoms with van der Waals surface area (Å²) < 4.78 is 5.37. The molecule has 3 aromatic heterocycles. The number of Topliss-reactive ketones (excluding diaryl/α,β-unsaturated/α-hetero) is 1. The van der Waals surface area contributed by atoms with E-state index in [1.54, 1.807) is 12.1 Å². The van der Waals surface area contributed by atoms with Gasteiger partial charge in [-0.05, 0) is 66.0 Å². The van der Waals surface area contributed by atoms with Crippen molar-refractivity contribution in [3.63, 3.8) is 0 Å². The van der Waals surface area contributed by atoms with Crippen LogP contribution in [0.25, 0.3) is 21.5 Å². The Morgan fingerprint density at radius 1 is 1.07 bits per heavy atom. The van der Waals surface area contributed by atoms with Crippen LogP contribution in [0.5, 0.6) is 0 Å². The highest BCUT2D eigenvalue weighted by Gasteiger charge is 2.30. The molecule has 8 nitrogen and oxygen atoms in total. The molecule has 1 aliphatic carbocycles. The van der Waals surface area contributed by atoms with Crippen molar-refractivity contribution in [1.82, 2.24) is 15.5 Å². The molecule has 1 aliphatic rings. The number of ketones is 1. The van der Waals surface area contributed by atoms with Crippen LogP contribution < -0.4 is 16.4 Å². The van der Waals surface area contributed by atoms with Crippen LogP contribution in [0.15, 0.2) is 77.3 Å². The first-order chi connectivity index (χ1) is 21.2. The second kappa shape index (κ2) is 12.4. The van der Waals surface area contributed by atoms with Crippen LogP contribution in [0.4, 0.5) is 5.69 Å². The van der Waals surface area contributed by atoms with Gasteiger partial charge in [0.15, 0.2) is 17.2 Å². The molecule has 5 aromatic rings. The predicted molar refractivity (Wildman–Crippen MR) is 175 cm³/mol. The number of nitrogens with two attached hydrogens (primary N) is 1. The van der Waals surface area contributed by atoms with Gasteiger partial charge in [0, 0.05) is 41.0 Å². The molecule has 0 fully saturated rings. The molecular formula is C35H37N5O3S. The fraction of sp³-hybridized carbons (Fsp3) is 0.314. The van der Waals surface area contributed by atoms with E-state index in [9.17, 15) is 9.59 Å². The number of thiophene rings is 1. The molecule has 0 saturated heterocycles. The third-order valence-electron chi connectivity index (χ3n) is 8.47. The maximum Gasteiger partial charge on any atom is 0.277 e. The van der Waals surface area contributed by atoms with Crippen LogP contribution in [0.1, 0.15) is 70.2 Å². The first kappa shape index (κ1) is 29.9. The number of fused-ring (bicyclic) bond motifs is 2. The molecule has 0 bridgehead atoms. The van der Waals surface area contributed by atoms with E-state index in [-0.39, 0.29) is 41.9 Å². The standard InChI is InChI=1S/C35H37N5O3S/c1-35(2,3)25-12-13-27-23(15-25)14-24-17-32(44-34(24)39-27)30(41)20-37-29(19-36)22-10-7-11-26(16-22)38-33(42)28-18-31(43-40-28)21-8-5-4-6-9-21/h4-11,14,16-18,25,29,37H,12-13,15,19-20,36H2,1-3H3,(H,38,42)/t25-,29-/m1/s1. The van der Waals surface area contributed by atoms with E-state index in [2.05, 4.69) is 42.6 Å². The minimum atomic E-state index is -0.380. The van der Waals surface area contributed by atoms with Gasteiger partial charge in [0.1, 0.15) is 4.83 Å². The van der Waals surface area contributed by atoms with Crippen LogP contribution in [0, 0.1) is 11.3 Å². The topological polar surface area (TPSA) is 123 Å². The zero-order valence-corrected chi connectivity index (χ0v) is 26.0. The molecule has 0 spiro atoms. The summed E-state index contributed by atoms with van der Waals surface area (Å²) in [5.74, 6) is 0.772. The van der Waals surface area contributed by atoms with Gasteiger partial charge in [-0.15, -0.1) is 11.3 Å². The molecule has 9 heteroatoms. The molecule has 0 radical (unpaired) electrons. The highest BCUT2D eigenvalue weighted by molar-refractivity contribution is 7.20. The first-order valence-electron chi connectivity index (χ1n) is 15.0. The number of hydrogen-bond acceptors (Lipinski definition) is 8. The lowest BCUT2D eigenvalue weighted by atomic mass is 9.71. The van der Waals surface area contributed by atoms with E-state index >= 15 is 0 Å². The highest BCUT2D eigenvalue weighted by atomic mass is 32.1. The molecule has 2 aromatic carbocycles. The van der Waals surface area contributed by atoms with Crippen molar-refractivity contribution in [2.24, 2.45) is 17.1 Å². The van der Waals surface area contributed by atoms with E-state index in [1.165, 1.54) is 22.6 Å². The minimum absolute atomic E-state index is 0.00157. The van der Waals surface area contributed by atoms with Crippen LogP contribution >= 0.6 is 11.3 Å². The Labute approximate surface area is 261 Å². The van der Waals surface area contributed by atoms with Gasteiger partial charge in [-0.3, -0.25) is 9.59 Å². The second-order valence-corrected chi connectivity index (χ2v) is 13.5. The predicted octanol–water partition coefficient (Wildman–Crippen LogP) is 6.83. The highest BCUT2D eigenvalue weighted by Crippen LogP contribution is 2.38. The summed E-state index contributed by atoms with van der Waals surface area (Å²) in [7, 11) is 0. The van der Waals surface area contributed by atoms with Crippen molar-refractivity contribution in [2.45, 2.75) is 46.1 Å². The molecule has 2 atom stereocenters. The van der Waals surface area contributed by atoms with Crippen LogP contribution in [-0.2, 0) is 12.8 Å². The van der Waals surface area contributed by atoms with E-state index < -0.39 is 0 Å². The molecule has 3 heterocycles. The van der Waals surface area contributed by atoms with Gasteiger partial charge in [0.2, 0.25) is 0 Å². The second-order valence-electron chi connectivity index (χ2n) is 12.5. The smallest absolute Gasteiger partial charge is 0.277 e. The van der Waals surface area contributed by atoms with E-state index in [1.807, 2.05) is 54.6 Å². The molecular weight excluding hydrogens is 570 g/mol. The summed E-state index contributed by atoms with van der Waals surface area (Å²) in [6, 6.07) is 22.5. The van der Waals surface area contributed by atoms with Crippen molar-refractivity contribution in [3.8, 4) is 11.3 Å². The van der Waals surface area contributed by atoms with Crippen molar-refractivity contribution in [1.29, 1.82) is 0 Å². The number of aromatic nitrogens is 2. The lowest BCUT2D eigenvalue weighted by molar-refractivity contribution is 0.0989. The van der Waals surface area contributed by atoms with Gasteiger partial charge in [-0.1, -0.05) is 68.4 Å². The lowest BCUT2D eigenvalue weighted by Gasteiger charge is -2.34. The summed E-state index contributed by atoms with van der Waals surface area (Å²) in [6.07, 6.45) is 3.17. The van der Waals surface area contributed by atoms with Crippen molar-refractivity contribution in [2.75, 3.05) is 18.4 Å². The fourth-order valence-electron chi connectivity index (χ4n) is 5.79. The van der Waals surface area contributed by atoms with Crippen LogP contribution in [-0.4, -0.2) is 34.9 Å². The van der Waals surface area contributed by atoms with Gasteiger partial charge in [0.25, 0.3) is 5.91 Å². The van der Waals surface area contributed by atoms with Crippen molar-refractivity contribution in [3.05, 3.63) is 100 Å². The SMILES string of the molecule is CC(C)(C)[C@@H]1CCc2nc3sc(C(=O)CN[C@H](CN)c4cccc(NC(=O)c5cc(-c6ccccc6)on5)c4)cc3cc2C1. The van der Waals surface area contributed by atoms with Crippen LogP contribution in [0.2, 0.25) is 0 Å². The number of pyridine rings is 1. The number of rotatable bonds is 9. The maximum atomic E-state index is 13.3. The summed E-state index contributed by atoms with van der Waals surface area (Å²) >= 11 is 1.45. The van der Waals surface area contributed by atoms with Gasteiger partial charge in [0.05, 0.1) is 11.4 Å². The number of hydrogen-bond donors (Lipinski definition) is 3. The number of benzene rings is 2. The maximum absolute atomic E-state index is 13.3. The van der Waals surface area contributed by atoms with Crippen molar-refractivity contribution < 1.29 is 14.1 Å². The summed E-state index contributed by atoms with van der Waals surface area (Å²) in [4.78, 5) is 32.7. The largest absolute Gasteiger partial charge is 0.355 e. The number of anilines is 1. The van der Waals surface area contributed by atoms with E-state index in [4.69, 9.17) is 15.2 Å². The zero-order valence-electron chi connectivity index (χ0n) is 25.2. The summed E-state index contributed by atoms with van der Waals surface area (Å²) in [5, 5.41) is 11.2. The molecule has 0 aliphatic heterocycles. The molecule has 1 amide bonds. The number of aryl methyl sites for hydroxylation is 1. The average Bonchev–Trinajstić information content (AvgIpc) is 3.68. The third-order valence-corrected chi connectivity index (χ3v) is 9.55. The number of carbonyl (C=O) groups excluding carboxylic acids is 2. The Kier molecular flexibility index (Phi) is 8.44. The quantitative estimate of drug-likeness (QED) is 0.157. The van der Waals surface area contributed by atoms with Gasteiger partial charge >= 0.3 is 0 Å². The molecule has 6 rings (SSSR count). The first-order valence-corrected chi connectivity index (χ1v) is 15.8. The third kappa shape index (κ3) is 6.50. The Morgan fingerprint density at radius 2 is 1.89 bits per heavy atom. The summed E-state index contributed by atoms with van der Waals surface area (Å²) in [6.45, 7) is 7.35. The average molecular weight is 608 g/mol. The number of carbonyl (C=O) groups is 2. The van der Waals surface area contributed by atoms with Gasteiger partial charge < -0.3 is 20.9 Å². The Hall–Kier alpha value is -4.18. The van der Waals surface area contributed by atoms with Gasteiger partial charge in [-0.25, -0.2) is 4.98 Å². The Balaban J connectivity index is 1.10.